The number of aryl methyl sites for hydroxylation is 1. The van der Waals surface area contributed by atoms with Crippen molar-refractivity contribution in [3.05, 3.63) is 52.3 Å². The lowest BCUT2D eigenvalue weighted by molar-refractivity contribution is -0.115. The first kappa shape index (κ1) is 24.8. The second-order valence-electron chi connectivity index (χ2n) is 7.39. The van der Waals surface area contributed by atoms with Gasteiger partial charge >= 0.3 is 0 Å². The fourth-order valence-electron chi connectivity index (χ4n) is 3.05. The van der Waals surface area contributed by atoms with Gasteiger partial charge in [0.15, 0.2) is 10.9 Å². The normalized spacial score (nSPS) is 11.4. The SMILES string of the molecule is COc1cc(NC(=O)[C@@H](C)Sc2nnc(-c3cc(C)ccc3NC(C)=O)c(=O)[nH]2)cc(OC)c1. The Morgan fingerprint density at radius 2 is 1.71 bits per heavy atom. The number of benzene rings is 2. The van der Waals surface area contributed by atoms with E-state index in [1.54, 1.807) is 37.3 Å². The van der Waals surface area contributed by atoms with E-state index in [2.05, 4.69) is 25.8 Å². The maximum absolute atomic E-state index is 12.8. The molecule has 0 aliphatic rings. The second kappa shape index (κ2) is 10.8. The summed E-state index contributed by atoms with van der Waals surface area (Å²) in [6.45, 7) is 4.93. The first-order valence-corrected chi connectivity index (χ1v) is 11.1. The van der Waals surface area contributed by atoms with Gasteiger partial charge in [-0.2, -0.15) is 0 Å². The van der Waals surface area contributed by atoms with E-state index >= 15 is 0 Å². The number of aromatic nitrogens is 3. The van der Waals surface area contributed by atoms with Crippen LogP contribution in [0.2, 0.25) is 0 Å². The van der Waals surface area contributed by atoms with Gasteiger partial charge in [-0.3, -0.25) is 19.4 Å². The molecule has 0 spiro atoms. The predicted molar refractivity (Wildman–Crippen MR) is 131 cm³/mol. The van der Waals surface area contributed by atoms with Gasteiger partial charge in [0.1, 0.15) is 11.5 Å². The quantitative estimate of drug-likeness (QED) is 0.416. The van der Waals surface area contributed by atoms with E-state index in [1.807, 2.05) is 13.0 Å². The van der Waals surface area contributed by atoms with Gasteiger partial charge in [-0.25, -0.2) is 0 Å². The third-order valence-electron chi connectivity index (χ3n) is 4.69. The monoisotopic (exact) mass is 483 g/mol. The largest absolute Gasteiger partial charge is 0.497 e. The van der Waals surface area contributed by atoms with Crippen LogP contribution in [0, 0.1) is 6.92 Å². The van der Waals surface area contributed by atoms with Gasteiger partial charge in [0.05, 0.1) is 25.2 Å². The molecule has 11 heteroatoms. The number of rotatable bonds is 8. The number of nitrogens with zero attached hydrogens (tertiary/aromatic N) is 2. The van der Waals surface area contributed by atoms with Crippen molar-refractivity contribution in [2.45, 2.75) is 31.2 Å². The van der Waals surface area contributed by atoms with E-state index < -0.39 is 10.8 Å². The fourth-order valence-corrected chi connectivity index (χ4v) is 3.79. The van der Waals surface area contributed by atoms with Crippen molar-refractivity contribution in [2.24, 2.45) is 0 Å². The van der Waals surface area contributed by atoms with Crippen LogP contribution in [0.3, 0.4) is 0 Å². The molecule has 0 unspecified atom stereocenters. The molecule has 0 bridgehead atoms. The molecule has 0 fully saturated rings. The number of nitrogens with one attached hydrogen (secondary N) is 3. The molecule has 178 valence electrons. The molecule has 2 amide bonds. The van der Waals surface area contributed by atoms with Crippen LogP contribution in [0.1, 0.15) is 19.4 Å². The van der Waals surface area contributed by atoms with Crippen molar-refractivity contribution >= 4 is 35.0 Å². The summed E-state index contributed by atoms with van der Waals surface area (Å²) < 4.78 is 10.4. The Labute approximate surface area is 200 Å². The Morgan fingerprint density at radius 1 is 1.03 bits per heavy atom. The van der Waals surface area contributed by atoms with Gasteiger partial charge in [-0.15, -0.1) is 10.2 Å². The number of H-pyrrole nitrogens is 1. The molecule has 0 radical (unpaired) electrons. The summed E-state index contributed by atoms with van der Waals surface area (Å²) in [4.78, 5) is 39.6. The molecule has 1 aromatic heterocycles. The lowest BCUT2D eigenvalue weighted by Gasteiger charge is -2.13. The van der Waals surface area contributed by atoms with Crippen LogP contribution in [0.4, 0.5) is 11.4 Å². The summed E-state index contributed by atoms with van der Waals surface area (Å²) in [7, 11) is 3.04. The van der Waals surface area contributed by atoms with Gasteiger partial charge in [-0.1, -0.05) is 23.4 Å². The molecule has 0 aliphatic heterocycles. The summed E-state index contributed by atoms with van der Waals surface area (Å²) in [6, 6.07) is 10.3. The molecule has 0 saturated heterocycles. The minimum Gasteiger partial charge on any atom is -0.497 e. The lowest BCUT2D eigenvalue weighted by atomic mass is 10.1. The number of hydrogen-bond donors (Lipinski definition) is 3. The van der Waals surface area contributed by atoms with Crippen molar-refractivity contribution in [3.8, 4) is 22.8 Å². The summed E-state index contributed by atoms with van der Waals surface area (Å²) in [5.74, 6) is 0.500. The van der Waals surface area contributed by atoms with Gasteiger partial charge in [0.2, 0.25) is 11.8 Å². The fraction of sp³-hybridized carbons (Fsp3) is 0.261. The zero-order chi connectivity index (χ0) is 24.8. The summed E-state index contributed by atoms with van der Waals surface area (Å²) >= 11 is 1.05. The van der Waals surface area contributed by atoms with E-state index in [0.29, 0.717) is 28.4 Å². The molecule has 10 nitrogen and oxygen atoms in total. The van der Waals surface area contributed by atoms with Gasteiger partial charge in [-0.05, 0) is 26.0 Å². The van der Waals surface area contributed by atoms with E-state index in [4.69, 9.17) is 9.47 Å². The average Bonchev–Trinajstić information content (AvgIpc) is 2.79. The van der Waals surface area contributed by atoms with E-state index in [9.17, 15) is 14.4 Å². The van der Waals surface area contributed by atoms with Crippen LogP contribution in [0.15, 0.2) is 46.3 Å². The molecule has 3 rings (SSSR count). The van der Waals surface area contributed by atoms with Crippen molar-refractivity contribution < 1.29 is 19.1 Å². The number of ether oxygens (including phenoxy) is 2. The molecule has 3 N–H and O–H groups in total. The average molecular weight is 484 g/mol. The van der Waals surface area contributed by atoms with Crippen LogP contribution in [-0.4, -0.2) is 46.5 Å². The van der Waals surface area contributed by atoms with Gasteiger partial charge < -0.3 is 20.1 Å². The predicted octanol–water partition coefficient (Wildman–Crippen LogP) is 3.24. The summed E-state index contributed by atoms with van der Waals surface area (Å²) in [5, 5.41) is 13.2. The van der Waals surface area contributed by atoms with Gasteiger partial charge in [0.25, 0.3) is 5.56 Å². The van der Waals surface area contributed by atoms with Crippen molar-refractivity contribution in [2.75, 3.05) is 24.9 Å². The number of amides is 2. The second-order valence-corrected chi connectivity index (χ2v) is 8.72. The Morgan fingerprint density at radius 3 is 2.29 bits per heavy atom. The third kappa shape index (κ3) is 6.13. The molecular formula is C23H25N5O5S. The number of carbonyl (C=O) groups is 2. The molecule has 34 heavy (non-hydrogen) atoms. The Hall–Kier alpha value is -3.86. The minimum absolute atomic E-state index is 0.0670. The Balaban J connectivity index is 1.77. The molecule has 2 aromatic carbocycles. The highest BCUT2D eigenvalue weighted by Gasteiger charge is 2.19. The van der Waals surface area contributed by atoms with Crippen LogP contribution >= 0.6 is 11.8 Å². The standard InChI is InChI=1S/C23H25N5O5S/c1-12-6-7-19(24-14(3)29)18(8-12)20-22(31)26-23(28-27-20)34-13(2)21(30)25-15-9-16(32-4)11-17(10-15)33-5/h6-11,13H,1-5H3,(H,24,29)(H,25,30)(H,26,28,31)/t13-/m1/s1. The highest BCUT2D eigenvalue weighted by atomic mass is 32.2. The summed E-state index contributed by atoms with van der Waals surface area (Å²) in [6.07, 6.45) is 0. The zero-order valence-electron chi connectivity index (χ0n) is 19.4. The van der Waals surface area contributed by atoms with E-state index in [1.165, 1.54) is 21.1 Å². The van der Waals surface area contributed by atoms with Crippen LogP contribution in [0.5, 0.6) is 11.5 Å². The molecular weight excluding hydrogens is 458 g/mol. The highest BCUT2D eigenvalue weighted by molar-refractivity contribution is 8.00. The first-order chi connectivity index (χ1) is 16.2. The van der Waals surface area contributed by atoms with Crippen LogP contribution < -0.4 is 25.7 Å². The minimum atomic E-state index is -0.595. The zero-order valence-corrected chi connectivity index (χ0v) is 20.2. The first-order valence-electron chi connectivity index (χ1n) is 10.3. The maximum atomic E-state index is 12.8. The molecule has 1 heterocycles. The molecule has 0 saturated carbocycles. The number of anilines is 2. The number of thioether (sulfide) groups is 1. The number of hydrogen-bond acceptors (Lipinski definition) is 8. The smallest absolute Gasteiger partial charge is 0.278 e. The molecule has 0 aliphatic carbocycles. The maximum Gasteiger partial charge on any atom is 0.278 e. The molecule has 1 atom stereocenters. The van der Waals surface area contributed by atoms with Crippen molar-refractivity contribution in [1.82, 2.24) is 15.2 Å². The van der Waals surface area contributed by atoms with Crippen LogP contribution in [-0.2, 0) is 9.59 Å². The lowest BCUT2D eigenvalue weighted by Crippen LogP contribution is -2.24. The van der Waals surface area contributed by atoms with Gasteiger partial charge in [0, 0.05) is 36.4 Å². The summed E-state index contributed by atoms with van der Waals surface area (Å²) in [5.41, 5.74) is 1.90. The molecule has 3 aromatic rings. The van der Waals surface area contributed by atoms with E-state index in [0.717, 1.165) is 17.3 Å². The number of aromatic amines is 1. The third-order valence-corrected chi connectivity index (χ3v) is 5.67. The Kier molecular flexibility index (Phi) is 7.90. The van der Waals surface area contributed by atoms with Crippen LogP contribution in [0.25, 0.3) is 11.3 Å². The Bertz CT molecular complexity index is 1250. The number of methoxy groups -OCH3 is 2. The highest BCUT2D eigenvalue weighted by Crippen LogP contribution is 2.28. The number of carbonyl (C=O) groups excluding carboxylic acids is 2. The van der Waals surface area contributed by atoms with Crippen molar-refractivity contribution in [1.29, 1.82) is 0 Å². The topological polar surface area (TPSA) is 135 Å². The van der Waals surface area contributed by atoms with Crippen molar-refractivity contribution in [3.63, 3.8) is 0 Å². The van der Waals surface area contributed by atoms with E-state index in [-0.39, 0.29) is 22.7 Å².